The normalized spacial score (nSPS) is 16.2. The Hall–Kier alpha value is -3.69. The molecule has 172 valence electrons. The molecule has 10 nitrogen and oxygen atoms in total. The van der Waals surface area contributed by atoms with Crippen molar-refractivity contribution in [2.45, 2.75) is 46.1 Å². The summed E-state index contributed by atoms with van der Waals surface area (Å²) in [5, 5.41) is 16.6. The van der Waals surface area contributed by atoms with Crippen LogP contribution < -0.4 is 10.6 Å². The van der Waals surface area contributed by atoms with Crippen molar-refractivity contribution in [2.24, 2.45) is 0 Å². The van der Waals surface area contributed by atoms with E-state index >= 15 is 0 Å². The standard InChI is InChI=1S/C22H27N3O7/c1-12-17(20(27)23-11-16(26)32-22(3,4)5)19(18(13(2)24-12)21(28)31-6)14-7-9-15(10-8-14)25(29)30/h7-10,19,24H,11H2,1-6H3,(H,23,27). The minimum Gasteiger partial charge on any atom is -0.466 e. The largest absolute Gasteiger partial charge is 0.466 e. The average molecular weight is 445 g/mol. The zero-order valence-corrected chi connectivity index (χ0v) is 18.9. The lowest BCUT2D eigenvalue weighted by molar-refractivity contribution is -0.384. The molecule has 0 fully saturated rings. The summed E-state index contributed by atoms with van der Waals surface area (Å²) in [6, 6.07) is 5.57. The highest BCUT2D eigenvalue weighted by molar-refractivity contribution is 6.02. The van der Waals surface area contributed by atoms with E-state index in [1.54, 1.807) is 34.6 Å². The van der Waals surface area contributed by atoms with Crippen LogP contribution >= 0.6 is 0 Å². The first-order chi connectivity index (χ1) is 14.9. The third-order valence-corrected chi connectivity index (χ3v) is 4.66. The van der Waals surface area contributed by atoms with Crippen LogP contribution in [0.2, 0.25) is 0 Å². The number of amides is 1. The highest BCUT2D eigenvalue weighted by Gasteiger charge is 2.37. The Bertz CT molecular complexity index is 1000. The summed E-state index contributed by atoms with van der Waals surface area (Å²) in [5.74, 6) is -2.70. The summed E-state index contributed by atoms with van der Waals surface area (Å²) in [7, 11) is 1.23. The van der Waals surface area contributed by atoms with Crippen LogP contribution in [0.1, 0.15) is 46.1 Å². The number of allylic oxidation sites excluding steroid dienone is 2. The molecule has 1 atom stereocenters. The Morgan fingerprint density at radius 2 is 1.66 bits per heavy atom. The van der Waals surface area contributed by atoms with Crippen molar-refractivity contribution < 1.29 is 28.8 Å². The first kappa shape index (κ1) is 24.6. The van der Waals surface area contributed by atoms with Gasteiger partial charge in [-0.3, -0.25) is 19.7 Å². The van der Waals surface area contributed by atoms with Crippen molar-refractivity contribution in [3.8, 4) is 0 Å². The quantitative estimate of drug-likeness (QED) is 0.387. The number of nitro groups is 1. The monoisotopic (exact) mass is 445 g/mol. The van der Waals surface area contributed by atoms with E-state index in [-0.39, 0.29) is 23.4 Å². The lowest BCUT2D eigenvalue weighted by Gasteiger charge is -2.30. The van der Waals surface area contributed by atoms with Crippen molar-refractivity contribution in [1.29, 1.82) is 0 Å². The Morgan fingerprint density at radius 1 is 1.09 bits per heavy atom. The molecule has 1 aromatic rings. The van der Waals surface area contributed by atoms with Crippen LogP contribution in [0.5, 0.6) is 0 Å². The molecule has 1 heterocycles. The first-order valence-corrected chi connectivity index (χ1v) is 9.87. The molecule has 2 N–H and O–H groups in total. The first-order valence-electron chi connectivity index (χ1n) is 9.87. The van der Waals surface area contributed by atoms with E-state index in [0.717, 1.165) is 0 Å². The number of nitrogens with one attached hydrogen (secondary N) is 2. The fourth-order valence-corrected chi connectivity index (χ4v) is 3.42. The number of ether oxygens (including phenoxy) is 2. The van der Waals surface area contributed by atoms with Gasteiger partial charge in [-0.25, -0.2) is 4.79 Å². The number of hydrogen-bond acceptors (Lipinski definition) is 8. The lowest BCUT2D eigenvalue weighted by atomic mass is 9.80. The number of hydrogen-bond donors (Lipinski definition) is 2. The Kier molecular flexibility index (Phi) is 7.40. The van der Waals surface area contributed by atoms with Gasteiger partial charge >= 0.3 is 11.9 Å². The van der Waals surface area contributed by atoms with Gasteiger partial charge in [0.15, 0.2) is 0 Å². The highest BCUT2D eigenvalue weighted by Crippen LogP contribution is 2.39. The van der Waals surface area contributed by atoms with Crippen LogP contribution in [0.4, 0.5) is 5.69 Å². The Morgan fingerprint density at radius 3 is 2.16 bits per heavy atom. The summed E-state index contributed by atoms with van der Waals surface area (Å²) in [6.07, 6.45) is 0. The molecule has 2 rings (SSSR count). The summed E-state index contributed by atoms with van der Waals surface area (Å²) >= 11 is 0. The summed E-state index contributed by atoms with van der Waals surface area (Å²) < 4.78 is 10.1. The molecule has 1 aliphatic heterocycles. The summed E-state index contributed by atoms with van der Waals surface area (Å²) in [4.78, 5) is 48.2. The van der Waals surface area contributed by atoms with Crippen LogP contribution in [0.25, 0.3) is 0 Å². The molecular formula is C22H27N3O7. The fourth-order valence-electron chi connectivity index (χ4n) is 3.42. The van der Waals surface area contributed by atoms with E-state index < -0.39 is 34.3 Å². The van der Waals surface area contributed by atoms with Gasteiger partial charge in [-0.15, -0.1) is 0 Å². The summed E-state index contributed by atoms with van der Waals surface area (Å²) in [6.45, 7) is 8.11. The van der Waals surface area contributed by atoms with Gasteiger partial charge in [0, 0.05) is 29.1 Å². The molecule has 0 aromatic heterocycles. The molecule has 10 heteroatoms. The van der Waals surface area contributed by atoms with E-state index in [4.69, 9.17) is 9.47 Å². The van der Waals surface area contributed by atoms with Gasteiger partial charge in [0.05, 0.1) is 23.5 Å². The molecule has 0 saturated heterocycles. The van der Waals surface area contributed by atoms with Gasteiger partial charge in [-0.1, -0.05) is 12.1 Å². The summed E-state index contributed by atoms with van der Waals surface area (Å²) in [5.41, 5.74) is 0.991. The molecule has 1 aliphatic rings. The van der Waals surface area contributed by atoms with E-state index in [2.05, 4.69) is 10.6 Å². The number of non-ortho nitro benzene ring substituents is 1. The second-order valence-electron chi connectivity index (χ2n) is 8.24. The zero-order valence-electron chi connectivity index (χ0n) is 18.9. The number of benzene rings is 1. The number of carbonyl (C=O) groups is 3. The Balaban J connectivity index is 2.44. The molecule has 1 amide bonds. The van der Waals surface area contributed by atoms with Crippen LogP contribution in [0.15, 0.2) is 46.8 Å². The van der Waals surface area contributed by atoms with Crippen LogP contribution in [-0.4, -0.2) is 42.0 Å². The topological polar surface area (TPSA) is 137 Å². The molecule has 1 unspecified atom stereocenters. The van der Waals surface area contributed by atoms with Crippen molar-refractivity contribution in [3.63, 3.8) is 0 Å². The predicted octanol–water partition coefficient (Wildman–Crippen LogP) is 2.46. The van der Waals surface area contributed by atoms with Crippen LogP contribution in [0.3, 0.4) is 0 Å². The number of nitro benzene ring substituents is 1. The molecular weight excluding hydrogens is 418 g/mol. The zero-order chi connectivity index (χ0) is 24.2. The minimum atomic E-state index is -0.858. The number of methoxy groups -OCH3 is 1. The Labute approximate surface area is 185 Å². The number of esters is 2. The maximum atomic E-state index is 13.1. The minimum absolute atomic E-state index is 0.125. The highest BCUT2D eigenvalue weighted by atomic mass is 16.6. The van der Waals surface area contributed by atoms with Crippen molar-refractivity contribution in [3.05, 3.63) is 62.5 Å². The van der Waals surface area contributed by atoms with E-state index in [1.807, 2.05) is 0 Å². The number of dihydropyridines is 1. The van der Waals surface area contributed by atoms with Gasteiger partial charge in [-0.05, 0) is 40.2 Å². The van der Waals surface area contributed by atoms with Crippen molar-refractivity contribution in [2.75, 3.05) is 13.7 Å². The van der Waals surface area contributed by atoms with Crippen molar-refractivity contribution >= 4 is 23.5 Å². The van der Waals surface area contributed by atoms with Crippen LogP contribution in [0, 0.1) is 10.1 Å². The molecule has 0 spiro atoms. The third-order valence-electron chi connectivity index (χ3n) is 4.66. The van der Waals surface area contributed by atoms with Gasteiger partial charge in [-0.2, -0.15) is 0 Å². The fraction of sp³-hybridized carbons (Fsp3) is 0.409. The van der Waals surface area contributed by atoms with Gasteiger partial charge < -0.3 is 20.1 Å². The van der Waals surface area contributed by atoms with Gasteiger partial charge in [0.2, 0.25) is 5.91 Å². The second kappa shape index (κ2) is 9.63. The number of rotatable bonds is 6. The molecule has 1 aromatic carbocycles. The molecule has 32 heavy (non-hydrogen) atoms. The lowest BCUT2D eigenvalue weighted by Crippen LogP contribution is -2.39. The average Bonchev–Trinajstić information content (AvgIpc) is 2.69. The van der Waals surface area contributed by atoms with E-state index in [9.17, 15) is 24.5 Å². The molecule has 0 bridgehead atoms. The maximum absolute atomic E-state index is 13.1. The van der Waals surface area contributed by atoms with E-state index in [0.29, 0.717) is 17.0 Å². The van der Waals surface area contributed by atoms with E-state index in [1.165, 1.54) is 31.4 Å². The van der Waals surface area contributed by atoms with Gasteiger partial charge in [0.25, 0.3) is 5.69 Å². The number of nitrogens with zero attached hydrogens (tertiary/aromatic N) is 1. The maximum Gasteiger partial charge on any atom is 0.336 e. The second-order valence-corrected chi connectivity index (χ2v) is 8.24. The van der Waals surface area contributed by atoms with Gasteiger partial charge in [0.1, 0.15) is 12.1 Å². The molecule has 0 aliphatic carbocycles. The SMILES string of the molecule is COC(=O)C1=C(C)NC(C)=C(C(=O)NCC(=O)OC(C)(C)C)C1c1ccc([N+](=O)[O-])cc1. The molecule has 0 saturated carbocycles. The number of carbonyl (C=O) groups excluding carboxylic acids is 3. The predicted molar refractivity (Wildman–Crippen MR) is 115 cm³/mol. The smallest absolute Gasteiger partial charge is 0.336 e. The third kappa shape index (κ3) is 5.71. The van der Waals surface area contributed by atoms with Crippen LogP contribution in [-0.2, 0) is 23.9 Å². The van der Waals surface area contributed by atoms with Crippen molar-refractivity contribution in [1.82, 2.24) is 10.6 Å². The molecule has 0 radical (unpaired) electrons.